The number of fused-ring (bicyclic) bond motifs is 1. The monoisotopic (exact) mass is 312 g/mol. The van der Waals surface area contributed by atoms with Crippen molar-refractivity contribution in [2.45, 2.75) is 31.5 Å². The molecule has 23 heavy (non-hydrogen) atoms. The van der Waals surface area contributed by atoms with Gasteiger partial charge in [0, 0.05) is 5.92 Å². The van der Waals surface area contributed by atoms with Gasteiger partial charge in [0.2, 0.25) is 0 Å². The van der Waals surface area contributed by atoms with E-state index in [0.717, 1.165) is 30.5 Å². The molecular weight excluding hydrogens is 291 g/mol. The third-order valence-electron chi connectivity index (χ3n) is 4.80. The third kappa shape index (κ3) is 2.95. The van der Waals surface area contributed by atoms with Crippen LogP contribution in [0.3, 0.4) is 0 Å². The first-order valence-corrected chi connectivity index (χ1v) is 8.05. The third-order valence-corrected chi connectivity index (χ3v) is 4.80. The molecule has 1 N–H and O–H groups in total. The molecule has 1 aromatic rings. The molecule has 0 bridgehead atoms. The fraction of sp³-hybridized carbons (Fsp3) is 0.421. The molecule has 0 fully saturated rings. The van der Waals surface area contributed by atoms with Gasteiger partial charge in [-0.25, -0.2) is 4.39 Å². The highest BCUT2D eigenvalue weighted by atomic mass is 19.1. The van der Waals surface area contributed by atoms with E-state index in [4.69, 9.17) is 10.00 Å². The van der Waals surface area contributed by atoms with Crippen LogP contribution in [0.1, 0.15) is 36.0 Å². The van der Waals surface area contributed by atoms with Gasteiger partial charge < -0.3 is 10.1 Å². The van der Waals surface area contributed by atoms with Gasteiger partial charge in [0.25, 0.3) is 0 Å². The Balaban J connectivity index is 1.96. The van der Waals surface area contributed by atoms with Crippen LogP contribution in [0.25, 0.3) is 0 Å². The molecule has 3 nitrogen and oxygen atoms in total. The number of nitrogens with one attached hydrogen (secondary N) is 1. The first kappa shape index (κ1) is 15.9. The SMILES string of the molecule is CNCCCC1(C2C=CC(F)=CC2)OCc2cc(C#N)ccc21. The number of benzene rings is 1. The summed E-state index contributed by atoms with van der Waals surface area (Å²) in [5, 5.41) is 12.3. The number of ether oxygens (including phenoxy) is 1. The first-order chi connectivity index (χ1) is 11.2. The predicted molar refractivity (Wildman–Crippen MR) is 87.2 cm³/mol. The van der Waals surface area contributed by atoms with E-state index in [-0.39, 0.29) is 11.7 Å². The van der Waals surface area contributed by atoms with Gasteiger partial charge in [-0.2, -0.15) is 5.26 Å². The zero-order chi connectivity index (χ0) is 16.3. The number of hydrogen-bond acceptors (Lipinski definition) is 3. The van der Waals surface area contributed by atoms with Gasteiger partial charge in [-0.15, -0.1) is 0 Å². The van der Waals surface area contributed by atoms with E-state index in [0.29, 0.717) is 18.6 Å². The molecule has 4 heteroatoms. The summed E-state index contributed by atoms with van der Waals surface area (Å²) in [6, 6.07) is 7.96. The average Bonchev–Trinajstić information content (AvgIpc) is 2.95. The molecule has 0 amide bonds. The van der Waals surface area contributed by atoms with Crippen molar-refractivity contribution >= 4 is 0 Å². The zero-order valence-electron chi connectivity index (χ0n) is 13.3. The molecule has 1 aliphatic heterocycles. The molecule has 3 rings (SSSR count). The van der Waals surface area contributed by atoms with E-state index in [1.165, 1.54) is 0 Å². The highest BCUT2D eigenvalue weighted by Gasteiger charge is 2.45. The molecule has 2 unspecified atom stereocenters. The predicted octanol–water partition coefficient (Wildman–Crippen LogP) is 3.71. The van der Waals surface area contributed by atoms with Crippen molar-refractivity contribution in [2.24, 2.45) is 5.92 Å². The Morgan fingerprint density at radius 2 is 2.35 bits per heavy atom. The topological polar surface area (TPSA) is 45.0 Å². The number of rotatable bonds is 5. The van der Waals surface area contributed by atoms with Gasteiger partial charge >= 0.3 is 0 Å². The minimum Gasteiger partial charge on any atom is -0.365 e. The lowest BCUT2D eigenvalue weighted by Gasteiger charge is -2.37. The highest BCUT2D eigenvalue weighted by Crippen LogP contribution is 2.48. The smallest absolute Gasteiger partial charge is 0.118 e. The summed E-state index contributed by atoms with van der Waals surface area (Å²) in [6.07, 6.45) is 7.60. The lowest BCUT2D eigenvalue weighted by molar-refractivity contribution is -0.0760. The van der Waals surface area contributed by atoms with Crippen molar-refractivity contribution in [2.75, 3.05) is 13.6 Å². The normalized spacial score (nSPS) is 25.8. The van der Waals surface area contributed by atoms with Crippen LogP contribution in [0.2, 0.25) is 0 Å². The van der Waals surface area contributed by atoms with Crippen molar-refractivity contribution in [1.29, 1.82) is 5.26 Å². The lowest BCUT2D eigenvalue weighted by Crippen LogP contribution is -2.35. The summed E-state index contributed by atoms with van der Waals surface area (Å²) in [5.74, 6) is -0.0577. The molecule has 0 radical (unpaired) electrons. The molecule has 2 atom stereocenters. The Labute approximate surface area is 136 Å². The molecule has 1 aromatic carbocycles. The minimum absolute atomic E-state index is 0.119. The second-order valence-corrected chi connectivity index (χ2v) is 6.16. The maximum atomic E-state index is 13.4. The molecule has 2 aliphatic rings. The average molecular weight is 312 g/mol. The van der Waals surface area contributed by atoms with Crippen LogP contribution in [0.5, 0.6) is 0 Å². The standard InChI is InChI=1S/C19H21FN2O/c1-22-10-2-9-19(16-4-6-17(20)7-5-16)18-8-3-14(12-21)11-15(18)13-23-19/h3-4,6-8,11,16,22H,2,5,9-10,13H2,1H3. The molecule has 1 aliphatic carbocycles. The van der Waals surface area contributed by atoms with Gasteiger partial charge in [-0.1, -0.05) is 12.1 Å². The molecule has 0 aromatic heterocycles. The van der Waals surface area contributed by atoms with Crippen LogP contribution >= 0.6 is 0 Å². The summed E-state index contributed by atoms with van der Waals surface area (Å²) < 4.78 is 19.6. The van der Waals surface area contributed by atoms with Gasteiger partial charge in [0.1, 0.15) is 11.4 Å². The molecular formula is C19H21FN2O. The molecule has 0 saturated heterocycles. The zero-order valence-corrected chi connectivity index (χ0v) is 13.3. The Bertz CT molecular complexity index is 689. The van der Waals surface area contributed by atoms with Crippen molar-refractivity contribution < 1.29 is 9.13 Å². The number of halogens is 1. The highest BCUT2D eigenvalue weighted by molar-refractivity contribution is 5.44. The minimum atomic E-state index is -0.423. The van der Waals surface area contributed by atoms with Gasteiger partial charge in [-0.05, 0) is 68.3 Å². The maximum Gasteiger partial charge on any atom is 0.118 e. The van der Waals surface area contributed by atoms with Gasteiger partial charge in [-0.3, -0.25) is 0 Å². The number of nitrogens with zero attached hydrogens (tertiary/aromatic N) is 1. The largest absolute Gasteiger partial charge is 0.365 e. The van der Waals surface area contributed by atoms with Crippen LogP contribution in [0.4, 0.5) is 4.39 Å². The van der Waals surface area contributed by atoms with E-state index in [1.807, 2.05) is 31.3 Å². The quantitative estimate of drug-likeness (QED) is 0.843. The lowest BCUT2D eigenvalue weighted by atomic mass is 9.74. The van der Waals surface area contributed by atoms with E-state index >= 15 is 0 Å². The van der Waals surface area contributed by atoms with Crippen LogP contribution in [0.15, 0.2) is 42.3 Å². The van der Waals surface area contributed by atoms with Gasteiger partial charge in [0.05, 0.1) is 18.2 Å². The van der Waals surface area contributed by atoms with E-state index in [2.05, 4.69) is 11.4 Å². The van der Waals surface area contributed by atoms with E-state index < -0.39 is 5.60 Å². The second kappa shape index (κ2) is 6.66. The maximum absolute atomic E-state index is 13.4. The van der Waals surface area contributed by atoms with Crippen LogP contribution in [0, 0.1) is 17.2 Å². The van der Waals surface area contributed by atoms with Crippen molar-refractivity contribution in [3.05, 3.63) is 58.9 Å². The van der Waals surface area contributed by atoms with Gasteiger partial charge in [0.15, 0.2) is 0 Å². The van der Waals surface area contributed by atoms with Crippen molar-refractivity contribution in [3.63, 3.8) is 0 Å². The van der Waals surface area contributed by atoms with Crippen molar-refractivity contribution in [1.82, 2.24) is 5.32 Å². The molecule has 1 heterocycles. The molecule has 0 saturated carbocycles. The first-order valence-electron chi connectivity index (χ1n) is 8.05. The molecule has 0 spiro atoms. The van der Waals surface area contributed by atoms with Crippen LogP contribution in [-0.4, -0.2) is 13.6 Å². The summed E-state index contributed by atoms with van der Waals surface area (Å²) in [5.41, 5.74) is 2.46. The fourth-order valence-corrected chi connectivity index (χ4v) is 3.65. The second-order valence-electron chi connectivity index (χ2n) is 6.16. The summed E-state index contributed by atoms with van der Waals surface area (Å²) in [7, 11) is 1.94. The van der Waals surface area contributed by atoms with E-state index in [1.54, 1.807) is 12.2 Å². The summed E-state index contributed by atoms with van der Waals surface area (Å²) in [4.78, 5) is 0. The fourth-order valence-electron chi connectivity index (χ4n) is 3.65. The molecule has 120 valence electrons. The number of allylic oxidation sites excluding steroid dienone is 3. The van der Waals surface area contributed by atoms with E-state index in [9.17, 15) is 4.39 Å². The Morgan fingerprint density at radius 3 is 3.04 bits per heavy atom. The Kier molecular flexibility index (Phi) is 4.61. The van der Waals surface area contributed by atoms with Crippen LogP contribution in [-0.2, 0) is 16.9 Å². The Hall–Kier alpha value is -1.96. The number of hydrogen-bond donors (Lipinski definition) is 1. The summed E-state index contributed by atoms with van der Waals surface area (Å²) >= 11 is 0. The Morgan fingerprint density at radius 1 is 1.48 bits per heavy atom. The summed E-state index contributed by atoms with van der Waals surface area (Å²) in [6.45, 7) is 1.43. The number of nitriles is 1. The van der Waals surface area contributed by atoms with Crippen LogP contribution < -0.4 is 5.32 Å². The van der Waals surface area contributed by atoms with Crippen molar-refractivity contribution in [3.8, 4) is 6.07 Å².